The SMILES string of the molecule is CCOC(=O)C(C)(C)Cc1c(S(=O)(=O)C(C)(C)C)c2cc(O)ccc2n1Cc1ccc(-c2ccc(OC)nc2)cc1. The first-order valence-corrected chi connectivity index (χ1v) is 15.0. The second-order valence-electron chi connectivity index (χ2n) is 11.7. The van der Waals surface area contributed by atoms with Crippen LogP contribution in [0.2, 0.25) is 0 Å². The van der Waals surface area contributed by atoms with Crippen LogP contribution in [0.1, 0.15) is 52.8 Å². The van der Waals surface area contributed by atoms with Gasteiger partial charge in [-0.3, -0.25) is 4.79 Å². The van der Waals surface area contributed by atoms with Crippen molar-refractivity contribution in [3.8, 4) is 22.8 Å². The zero-order valence-electron chi connectivity index (χ0n) is 24.7. The molecule has 0 radical (unpaired) electrons. The Morgan fingerprint density at radius 3 is 2.20 bits per heavy atom. The number of carbonyl (C=O) groups is 1. The zero-order chi connectivity index (χ0) is 30.2. The molecule has 41 heavy (non-hydrogen) atoms. The van der Waals surface area contributed by atoms with Gasteiger partial charge in [-0.1, -0.05) is 24.3 Å². The van der Waals surface area contributed by atoms with Gasteiger partial charge in [-0.15, -0.1) is 0 Å². The number of esters is 1. The van der Waals surface area contributed by atoms with Gasteiger partial charge in [0.25, 0.3) is 0 Å². The molecule has 0 saturated heterocycles. The molecule has 2 aromatic heterocycles. The molecule has 4 rings (SSSR count). The highest BCUT2D eigenvalue weighted by molar-refractivity contribution is 7.93. The van der Waals surface area contributed by atoms with Gasteiger partial charge in [0.2, 0.25) is 5.88 Å². The highest BCUT2D eigenvalue weighted by atomic mass is 32.2. The van der Waals surface area contributed by atoms with Crippen LogP contribution in [0.3, 0.4) is 0 Å². The molecule has 9 heteroatoms. The summed E-state index contributed by atoms with van der Waals surface area (Å²) in [6.07, 6.45) is 1.88. The van der Waals surface area contributed by atoms with E-state index >= 15 is 0 Å². The maximum atomic E-state index is 14.1. The number of benzene rings is 2. The van der Waals surface area contributed by atoms with E-state index in [1.54, 1.807) is 73.0 Å². The number of hydrogen-bond donors (Lipinski definition) is 1. The Hall–Kier alpha value is -3.85. The summed E-state index contributed by atoms with van der Waals surface area (Å²) in [6.45, 7) is 10.8. The van der Waals surface area contributed by atoms with E-state index in [-0.39, 0.29) is 23.7 Å². The molecule has 0 aliphatic heterocycles. The molecule has 0 aliphatic rings. The molecular weight excluding hydrogens is 540 g/mol. The van der Waals surface area contributed by atoms with Crippen LogP contribution in [0.5, 0.6) is 11.6 Å². The maximum absolute atomic E-state index is 14.1. The van der Waals surface area contributed by atoms with E-state index in [4.69, 9.17) is 9.47 Å². The van der Waals surface area contributed by atoms with E-state index in [1.807, 2.05) is 34.9 Å². The molecule has 0 spiro atoms. The van der Waals surface area contributed by atoms with Gasteiger partial charge >= 0.3 is 5.97 Å². The summed E-state index contributed by atoms with van der Waals surface area (Å²) in [6, 6.07) is 16.5. The Balaban J connectivity index is 1.89. The summed E-state index contributed by atoms with van der Waals surface area (Å²) in [7, 11) is -2.31. The molecular formula is C32H38N2O6S. The molecule has 218 valence electrons. The van der Waals surface area contributed by atoms with Crippen molar-refractivity contribution in [3.63, 3.8) is 0 Å². The second kappa shape index (κ2) is 11.2. The van der Waals surface area contributed by atoms with Crippen LogP contribution in [0.25, 0.3) is 22.0 Å². The van der Waals surface area contributed by atoms with Crippen LogP contribution >= 0.6 is 0 Å². The molecule has 0 fully saturated rings. The smallest absolute Gasteiger partial charge is 0.311 e. The Kier molecular flexibility index (Phi) is 8.23. The van der Waals surface area contributed by atoms with Crippen LogP contribution in [0.4, 0.5) is 0 Å². The summed E-state index contributed by atoms with van der Waals surface area (Å²) in [5.41, 5.74) is 3.01. The Bertz CT molecular complexity index is 1660. The molecule has 2 aromatic carbocycles. The molecule has 8 nitrogen and oxygen atoms in total. The lowest BCUT2D eigenvalue weighted by atomic mass is 9.87. The monoisotopic (exact) mass is 578 g/mol. The molecule has 0 aliphatic carbocycles. The van der Waals surface area contributed by atoms with Crippen molar-refractivity contribution in [3.05, 3.63) is 72.1 Å². The standard InChI is InChI=1S/C32H38N2O6S/c1-8-40-30(36)32(5,6)18-27-29(41(37,38)31(2,3)4)25-17-24(35)14-15-26(25)34(27)20-21-9-11-22(12-10-21)23-13-16-28(39-7)33-19-23/h9-17,19,35H,8,18,20H2,1-7H3. The highest BCUT2D eigenvalue weighted by Crippen LogP contribution is 2.40. The van der Waals surface area contributed by atoms with E-state index < -0.39 is 26.0 Å². The fourth-order valence-electron chi connectivity index (χ4n) is 4.80. The second-order valence-corrected chi connectivity index (χ2v) is 14.4. The number of aromatic hydroxyl groups is 1. The molecule has 4 aromatic rings. The number of ether oxygens (including phenoxy) is 2. The average Bonchev–Trinajstić information content (AvgIpc) is 3.20. The van der Waals surface area contributed by atoms with Crippen LogP contribution in [0.15, 0.2) is 65.7 Å². The first-order valence-electron chi connectivity index (χ1n) is 13.5. The van der Waals surface area contributed by atoms with Gasteiger partial charge in [0.05, 0.1) is 34.3 Å². The summed E-state index contributed by atoms with van der Waals surface area (Å²) >= 11 is 0. The predicted octanol–water partition coefficient (Wildman–Crippen LogP) is 6.17. The molecule has 0 bridgehead atoms. The lowest BCUT2D eigenvalue weighted by Crippen LogP contribution is -2.33. The highest BCUT2D eigenvalue weighted by Gasteiger charge is 2.40. The number of carbonyl (C=O) groups excluding carboxylic acids is 1. The van der Waals surface area contributed by atoms with E-state index in [9.17, 15) is 18.3 Å². The number of aromatic nitrogens is 2. The minimum atomic E-state index is -3.88. The number of rotatable bonds is 9. The summed E-state index contributed by atoms with van der Waals surface area (Å²) < 4.78 is 39.5. The molecule has 0 amide bonds. The number of pyridine rings is 1. The molecule has 1 N–H and O–H groups in total. The summed E-state index contributed by atoms with van der Waals surface area (Å²) in [5, 5.41) is 10.8. The van der Waals surface area contributed by atoms with E-state index in [2.05, 4.69) is 4.98 Å². The van der Waals surface area contributed by atoms with E-state index in [0.29, 0.717) is 29.0 Å². The minimum absolute atomic E-state index is 0.0336. The Labute approximate surface area is 241 Å². The first kappa shape index (κ1) is 30.1. The lowest BCUT2D eigenvalue weighted by Gasteiger charge is -2.26. The van der Waals surface area contributed by atoms with Crippen LogP contribution in [-0.2, 0) is 32.3 Å². The number of hydrogen-bond acceptors (Lipinski definition) is 7. The summed E-state index contributed by atoms with van der Waals surface area (Å²) in [5.74, 6) is 0.0973. The van der Waals surface area contributed by atoms with Crippen LogP contribution in [-0.4, -0.2) is 47.5 Å². The van der Waals surface area contributed by atoms with Gasteiger partial charge in [0, 0.05) is 41.9 Å². The third kappa shape index (κ3) is 5.95. The first-order chi connectivity index (χ1) is 19.2. The molecule has 0 unspecified atom stereocenters. The zero-order valence-corrected chi connectivity index (χ0v) is 25.5. The number of sulfone groups is 1. The van der Waals surface area contributed by atoms with Gasteiger partial charge < -0.3 is 19.1 Å². The molecule has 0 atom stereocenters. The lowest BCUT2D eigenvalue weighted by molar-refractivity contribution is -0.153. The fraction of sp³-hybridized carbons (Fsp3) is 0.375. The van der Waals surface area contributed by atoms with Crippen molar-refractivity contribution >= 4 is 26.7 Å². The van der Waals surface area contributed by atoms with Gasteiger partial charge in [-0.2, -0.15) is 0 Å². The topological polar surface area (TPSA) is 108 Å². The molecule has 0 saturated carbocycles. The number of fused-ring (bicyclic) bond motifs is 1. The fourth-order valence-corrected chi connectivity index (χ4v) is 6.36. The third-order valence-corrected chi connectivity index (χ3v) is 9.79. The summed E-state index contributed by atoms with van der Waals surface area (Å²) in [4.78, 5) is 17.4. The predicted molar refractivity (Wildman–Crippen MR) is 160 cm³/mol. The van der Waals surface area contributed by atoms with Crippen molar-refractivity contribution in [2.75, 3.05) is 13.7 Å². The van der Waals surface area contributed by atoms with Crippen LogP contribution < -0.4 is 4.74 Å². The van der Waals surface area contributed by atoms with E-state index in [0.717, 1.165) is 16.7 Å². The van der Waals surface area contributed by atoms with Gasteiger partial charge in [-0.25, -0.2) is 13.4 Å². The quantitative estimate of drug-likeness (QED) is 0.237. The Morgan fingerprint density at radius 1 is 0.976 bits per heavy atom. The maximum Gasteiger partial charge on any atom is 0.311 e. The van der Waals surface area contributed by atoms with E-state index in [1.165, 1.54) is 6.07 Å². The van der Waals surface area contributed by atoms with Crippen molar-refractivity contribution in [1.82, 2.24) is 9.55 Å². The van der Waals surface area contributed by atoms with Crippen LogP contribution in [0, 0.1) is 5.41 Å². The van der Waals surface area contributed by atoms with Gasteiger partial charge in [0.15, 0.2) is 9.84 Å². The average molecular weight is 579 g/mol. The Morgan fingerprint density at radius 2 is 1.63 bits per heavy atom. The minimum Gasteiger partial charge on any atom is -0.508 e. The number of nitrogens with zero attached hydrogens (tertiary/aromatic N) is 2. The largest absolute Gasteiger partial charge is 0.508 e. The third-order valence-electron chi connectivity index (χ3n) is 7.19. The van der Waals surface area contributed by atoms with Gasteiger partial charge in [0.1, 0.15) is 5.75 Å². The van der Waals surface area contributed by atoms with Gasteiger partial charge in [-0.05, 0) is 76.9 Å². The number of phenolic OH excluding ortho intramolecular Hbond substituents is 1. The number of phenols is 1. The normalized spacial score (nSPS) is 12.5. The van der Waals surface area contributed by atoms with Crippen molar-refractivity contribution < 1.29 is 27.8 Å². The molecule has 2 heterocycles. The van der Waals surface area contributed by atoms with Crippen molar-refractivity contribution in [1.29, 1.82) is 0 Å². The number of methoxy groups -OCH3 is 1. The van der Waals surface area contributed by atoms with Crippen molar-refractivity contribution in [2.45, 2.75) is 64.2 Å². The van der Waals surface area contributed by atoms with Crippen molar-refractivity contribution in [2.24, 2.45) is 5.41 Å².